The summed E-state index contributed by atoms with van der Waals surface area (Å²) in [6.07, 6.45) is 5.76. The molecule has 21 heavy (non-hydrogen) atoms. The molecule has 2 atom stereocenters. The molecule has 0 aliphatic carbocycles. The molecule has 6 heteroatoms. The van der Waals surface area contributed by atoms with Gasteiger partial charge in [0.15, 0.2) is 5.82 Å². The lowest BCUT2D eigenvalue weighted by Gasteiger charge is -2.44. The monoisotopic (exact) mass is 294 g/mol. The molecule has 2 heterocycles. The minimum atomic E-state index is 0.158. The second-order valence-electron chi connectivity index (χ2n) is 6.31. The first kappa shape index (κ1) is 16.4. The van der Waals surface area contributed by atoms with E-state index in [1.165, 1.54) is 25.9 Å². The largest absolute Gasteiger partial charge is 0.312 e. The van der Waals surface area contributed by atoms with E-state index in [9.17, 15) is 0 Å². The van der Waals surface area contributed by atoms with Crippen molar-refractivity contribution in [3.8, 4) is 0 Å². The fraction of sp³-hybridized carbons (Fsp3) is 0.933. The van der Waals surface area contributed by atoms with Gasteiger partial charge >= 0.3 is 0 Å². The lowest BCUT2D eigenvalue weighted by Crippen LogP contribution is -2.59. The molecule has 2 rings (SSSR count). The third-order valence-corrected chi connectivity index (χ3v) is 4.87. The lowest BCUT2D eigenvalue weighted by atomic mass is 9.85. The van der Waals surface area contributed by atoms with Crippen molar-refractivity contribution in [3.05, 3.63) is 5.82 Å². The SMILES string of the molecule is CCCNC(Cc1nnn(C)n1)C(C)(CC)N1CCCC1. The van der Waals surface area contributed by atoms with Gasteiger partial charge in [0.25, 0.3) is 0 Å². The van der Waals surface area contributed by atoms with Crippen LogP contribution in [0.5, 0.6) is 0 Å². The van der Waals surface area contributed by atoms with Gasteiger partial charge < -0.3 is 5.32 Å². The molecule has 0 aromatic carbocycles. The molecule has 1 aromatic heterocycles. The first-order chi connectivity index (χ1) is 10.1. The molecule has 0 saturated carbocycles. The van der Waals surface area contributed by atoms with Gasteiger partial charge in [0.1, 0.15) is 0 Å². The van der Waals surface area contributed by atoms with Crippen LogP contribution in [0.3, 0.4) is 0 Å². The molecular weight excluding hydrogens is 264 g/mol. The summed E-state index contributed by atoms with van der Waals surface area (Å²) in [5.41, 5.74) is 0.158. The highest BCUT2D eigenvalue weighted by Gasteiger charge is 2.39. The molecule has 1 aromatic rings. The molecular formula is C15H30N6. The summed E-state index contributed by atoms with van der Waals surface area (Å²) in [7, 11) is 1.82. The Kier molecular flexibility index (Phi) is 5.70. The zero-order valence-electron chi connectivity index (χ0n) is 14.0. The average Bonchev–Trinajstić information content (AvgIpc) is 3.14. The number of aryl methyl sites for hydroxylation is 1. The van der Waals surface area contributed by atoms with Gasteiger partial charge in [-0.1, -0.05) is 13.8 Å². The van der Waals surface area contributed by atoms with Crippen molar-refractivity contribution >= 4 is 0 Å². The van der Waals surface area contributed by atoms with Crippen molar-refractivity contribution in [1.82, 2.24) is 30.4 Å². The van der Waals surface area contributed by atoms with Crippen molar-refractivity contribution in [3.63, 3.8) is 0 Å². The molecule has 1 N–H and O–H groups in total. The minimum Gasteiger partial charge on any atom is -0.312 e. The third-order valence-electron chi connectivity index (χ3n) is 4.87. The van der Waals surface area contributed by atoms with Crippen molar-refractivity contribution in [2.75, 3.05) is 19.6 Å². The highest BCUT2D eigenvalue weighted by molar-refractivity contribution is 5.01. The predicted molar refractivity (Wildman–Crippen MR) is 84.1 cm³/mol. The number of nitrogens with zero attached hydrogens (tertiary/aromatic N) is 5. The maximum Gasteiger partial charge on any atom is 0.176 e. The van der Waals surface area contributed by atoms with E-state index in [1.54, 1.807) is 4.80 Å². The topological polar surface area (TPSA) is 58.9 Å². The van der Waals surface area contributed by atoms with E-state index >= 15 is 0 Å². The number of tetrazole rings is 1. The maximum absolute atomic E-state index is 4.37. The Bertz CT molecular complexity index is 426. The Hall–Kier alpha value is -1.01. The van der Waals surface area contributed by atoms with Gasteiger partial charge in [-0.05, 0) is 57.5 Å². The summed E-state index contributed by atoms with van der Waals surface area (Å²) in [4.78, 5) is 4.20. The van der Waals surface area contributed by atoms with E-state index in [0.717, 1.165) is 31.6 Å². The van der Waals surface area contributed by atoms with E-state index in [0.29, 0.717) is 6.04 Å². The third kappa shape index (κ3) is 3.80. The highest BCUT2D eigenvalue weighted by Crippen LogP contribution is 2.29. The average molecular weight is 294 g/mol. The van der Waals surface area contributed by atoms with Crippen LogP contribution in [0.1, 0.15) is 52.3 Å². The van der Waals surface area contributed by atoms with Crippen LogP contribution in [-0.2, 0) is 13.5 Å². The molecule has 1 aliphatic rings. The first-order valence-corrected chi connectivity index (χ1v) is 8.31. The standard InChI is InChI=1S/C15H30N6/c1-5-9-16-13(12-14-17-19-20(4)18-14)15(3,6-2)21-10-7-8-11-21/h13,16H,5-12H2,1-4H3. The number of likely N-dealkylation sites (tertiary alicyclic amines) is 1. The Balaban J connectivity index is 2.15. The van der Waals surface area contributed by atoms with Gasteiger partial charge in [-0.25, -0.2) is 0 Å². The smallest absolute Gasteiger partial charge is 0.176 e. The predicted octanol–water partition coefficient (Wildman–Crippen LogP) is 1.39. The normalized spacial score (nSPS) is 20.6. The summed E-state index contributed by atoms with van der Waals surface area (Å²) >= 11 is 0. The van der Waals surface area contributed by atoms with Crippen LogP contribution in [0.15, 0.2) is 0 Å². The van der Waals surface area contributed by atoms with E-state index in [-0.39, 0.29) is 5.54 Å². The van der Waals surface area contributed by atoms with Crippen molar-refractivity contribution in [2.45, 2.75) is 64.5 Å². The molecule has 0 amide bonds. The molecule has 0 radical (unpaired) electrons. The second-order valence-corrected chi connectivity index (χ2v) is 6.31. The summed E-state index contributed by atoms with van der Waals surface area (Å²) < 4.78 is 0. The quantitative estimate of drug-likeness (QED) is 0.785. The van der Waals surface area contributed by atoms with Gasteiger partial charge in [-0.3, -0.25) is 4.90 Å². The summed E-state index contributed by atoms with van der Waals surface area (Å²) in [6.45, 7) is 10.4. The van der Waals surface area contributed by atoms with Gasteiger partial charge in [-0.15, -0.1) is 10.2 Å². The van der Waals surface area contributed by atoms with Crippen LogP contribution in [0, 0.1) is 0 Å². The highest BCUT2D eigenvalue weighted by atomic mass is 15.6. The van der Waals surface area contributed by atoms with Crippen molar-refractivity contribution in [2.24, 2.45) is 7.05 Å². The molecule has 1 fully saturated rings. The Labute approximate surface area is 128 Å². The van der Waals surface area contributed by atoms with Crippen LogP contribution in [0.2, 0.25) is 0 Å². The van der Waals surface area contributed by atoms with Gasteiger partial charge in [-0.2, -0.15) is 4.80 Å². The molecule has 6 nitrogen and oxygen atoms in total. The molecule has 0 bridgehead atoms. The van der Waals surface area contributed by atoms with E-state index in [2.05, 4.69) is 46.4 Å². The van der Waals surface area contributed by atoms with Crippen LogP contribution in [0.4, 0.5) is 0 Å². The zero-order chi connectivity index (χ0) is 15.3. The zero-order valence-corrected chi connectivity index (χ0v) is 14.0. The van der Waals surface area contributed by atoms with E-state index < -0.39 is 0 Å². The van der Waals surface area contributed by atoms with Crippen molar-refractivity contribution < 1.29 is 0 Å². The van der Waals surface area contributed by atoms with Crippen LogP contribution >= 0.6 is 0 Å². The van der Waals surface area contributed by atoms with Gasteiger partial charge in [0.2, 0.25) is 0 Å². The number of rotatable bonds is 8. The molecule has 0 spiro atoms. The first-order valence-electron chi connectivity index (χ1n) is 8.31. The summed E-state index contributed by atoms with van der Waals surface area (Å²) in [5.74, 6) is 0.838. The number of aromatic nitrogens is 4. The second kappa shape index (κ2) is 7.31. The van der Waals surface area contributed by atoms with Gasteiger partial charge in [0, 0.05) is 18.0 Å². The Morgan fingerprint density at radius 1 is 1.29 bits per heavy atom. The summed E-state index contributed by atoms with van der Waals surface area (Å²) in [6, 6.07) is 0.366. The fourth-order valence-corrected chi connectivity index (χ4v) is 3.34. The Morgan fingerprint density at radius 2 is 2.00 bits per heavy atom. The molecule has 2 unspecified atom stereocenters. The number of hydrogen-bond acceptors (Lipinski definition) is 5. The minimum absolute atomic E-state index is 0.158. The lowest BCUT2D eigenvalue weighted by molar-refractivity contribution is 0.0831. The van der Waals surface area contributed by atoms with E-state index in [1.807, 2.05) is 7.05 Å². The summed E-state index contributed by atoms with van der Waals surface area (Å²) in [5, 5.41) is 16.3. The van der Waals surface area contributed by atoms with Crippen LogP contribution in [-0.4, -0.2) is 56.3 Å². The number of nitrogens with one attached hydrogen (secondary N) is 1. The van der Waals surface area contributed by atoms with Crippen LogP contribution in [0.25, 0.3) is 0 Å². The fourth-order valence-electron chi connectivity index (χ4n) is 3.34. The van der Waals surface area contributed by atoms with Gasteiger partial charge in [0.05, 0.1) is 7.05 Å². The molecule has 1 saturated heterocycles. The van der Waals surface area contributed by atoms with Crippen molar-refractivity contribution in [1.29, 1.82) is 0 Å². The molecule has 120 valence electrons. The Morgan fingerprint density at radius 3 is 2.52 bits per heavy atom. The maximum atomic E-state index is 4.37. The number of hydrogen-bond donors (Lipinski definition) is 1. The van der Waals surface area contributed by atoms with E-state index in [4.69, 9.17) is 0 Å². The van der Waals surface area contributed by atoms with Crippen LogP contribution < -0.4 is 5.32 Å². The molecule has 1 aliphatic heterocycles.